The standard InChI is InChI=1S/C19H14ClF2N3O2/c20-12-3-1-11(2-4-12)18-24-23-17(27-18)10-25(14-6-7-14)19(26)15-8-5-13(21)9-16(15)22/h1-5,8-9,14H,6-7,10H2. The van der Waals surface area contributed by atoms with Gasteiger partial charge in [0.15, 0.2) is 0 Å². The molecule has 0 atom stereocenters. The highest BCUT2D eigenvalue weighted by atomic mass is 35.5. The van der Waals surface area contributed by atoms with Crippen LogP contribution in [0.25, 0.3) is 11.5 Å². The van der Waals surface area contributed by atoms with Crippen molar-refractivity contribution in [2.45, 2.75) is 25.4 Å². The van der Waals surface area contributed by atoms with E-state index in [0.717, 1.165) is 25.0 Å². The number of rotatable bonds is 5. The molecule has 0 radical (unpaired) electrons. The molecule has 0 saturated heterocycles. The van der Waals surface area contributed by atoms with Gasteiger partial charge in [-0.25, -0.2) is 8.78 Å². The Kier molecular flexibility index (Phi) is 4.61. The Bertz CT molecular complexity index is 987. The van der Waals surface area contributed by atoms with Gasteiger partial charge in [-0.3, -0.25) is 4.79 Å². The Morgan fingerprint density at radius 1 is 1.15 bits per heavy atom. The third-order valence-corrected chi connectivity index (χ3v) is 4.53. The predicted molar refractivity (Wildman–Crippen MR) is 94.0 cm³/mol. The number of aromatic nitrogens is 2. The SMILES string of the molecule is O=C(c1ccc(F)cc1F)N(Cc1nnc(-c2ccc(Cl)cc2)o1)C1CC1. The van der Waals surface area contributed by atoms with Crippen LogP contribution < -0.4 is 0 Å². The molecule has 138 valence electrons. The molecule has 27 heavy (non-hydrogen) atoms. The lowest BCUT2D eigenvalue weighted by Crippen LogP contribution is -2.33. The Morgan fingerprint density at radius 3 is 2.56 bits per heavy atom. The average molecular weight is 390 g/mol. The summed E-state index contributed by atoms with van der Waals surface area (Å²) < 4.78 is 32.7. The fourth-order valence-electron chi connectivity index (χ4n) is 2.74. The van der Waals surface area contributed by atoms with Crippen molar-refractivity contribution in [1.29, 1.82) is 0 Å². The highest BCUT2D eigenvalue weighted by Crippen LogP contribution is 2.31. The van der Waals surface area contributed by atoms with Crippen molar-refractivity contribution in [2.24, 2.45) is 0 Å². The molecule has 0 spiro atoms. The van der Waals surface area contributed by atoms with Crippen molar-refractivity contribution in [3.63, 3.8) is 0 Å². The fourth-order valence-corrected chi connectivity index (χ4v) is 2.87. The quantitative estimate of drug-likeness (QED) is 0.645. The molecule has 4 rings (SSSR count). The second kappa shape index (κ2) is 7.08. The number of halogens is 3. The molecule has 1 saturated carbocycles. The zero-order valence-corrected chi connectivity index (χ0v) is 14.8. The van der Waals surface area contributed by atoms with Crippen LogP contribution in [0.2, 0.25) is 5.02 Å². The Morgan fingerprint density at radius 2 is 1.89 bits per heavy atom. The van der Waals surface area contributed by atoms with Gasteiger partial charge in [0.05, 0.1) is 12.1 Å². The van der Waals surface area contributed by atoms with E-state index in [2.05, 4.69) is 10.2 Å². The van der Waals surface area contributed by atoms with Crippen molar-refractivity contribution in [1.82, 2.24) is 15.1 Å². The van der Waals surface area contributed by atoms with Crippen LogP contribution in [-0.2, 0) is 6.54 Å². The number of hydrogen-bond donors (Lipinski definition) is 0. The van der Waals surface area contributed by atoms with Gasteiger partial charge in [-0.2, -0.15) is 0 Å². The summed E-state index contributed by atoms with van der Waals surface area (Å²) in [6.07, 6.45) is 1.62. The molecule has 1 aromatic heterocycles. The van der Waals surface area contributed by atoms with Crippen LogP contribution >= 0.6 is 11.6 Å². The normalized spacial score (nSPS) is 13.6. The lowest BCUT2D eigenvalue weighted by atomic mass is 10.1. The van der Waals surface area contributed by atoms with Gasteiger partial charge in [0.1, 0.15) is 11.6 Å². The van der Waals surface area contributed by atoms with Crippen LogP contribution in [-0.4, -0.2) is 27.0 Å². The van der Waals surface area contributed by atoms with E-state index in [1.807, 2.05) is 0 Å². The van der Waals surface area contributed by atoms with E-state index in [1.165, 1.54) is 4.90 Å². The van der Waals surface area contributed by atoms with Crippen molar-refractivity contribution < 1.29 is 18.0 Å². The van der Waals surface area contributed by atoms with Gasteiger partial charge >= 0.3 is 0 Å². The predicted octanol–water partition coefficient (Wildman–Crippen LogP) is 4.47. The molecule has 0 unspecified atom stereocenters. The number of benzene rings is 2. The minimum absolute atomic E-state index is 0.0205. The van der Waals surface area contributed by atoms with Gasteiger partial charge in [-0.05, 0) is 49.2 Å². The first-order valence-electron chi connectivity index (χ1n) is 8.35. The second-order valence-corrected chi connectivity index (χ2v) is 6.73. The van der Waals surface area contributed by atoms with Crippen LogP contribution in [0.4, 0.5) is 8.78 Å². The second-order valence-electron chi connectivity index (χ2n) is 6.30. The van der Waals surface area contributed by atoms with Gasteiger partial charge in [0, 0.05) is 22.7 Å². The smallest absolute Gasteiger partial charge is 0.257 e. The summed E-state index contributed by atoms with van der Waals surface area (Å²) in [5.41, 5.74) is 0.521. The summed E-state index contributed by atoms with van der Waals surface area (Å²) in [5.74, 6) is -1.61. The fraction of sp³-hybridized carbons (Fsp3) is 0.211. The maximum absolute atomic E-state index is 14.0. The van der Waals surface area contributed by atoms with E-state index in [4.69, 9.17) is 16.0 Å². The Hall–Kier alpha value is -2.80. The van der Waals surface area contributed by atoms with Gasteiger partial charge in [0.2, 0.25) is 11.8 Å². The number of carbonyl (C=O) groups is 1. The molecule has 0 aliphatic heterocycles. The summed E-state index contributed by atoms with van der Waals surface area (Å²) in [5, 5.41) is 8.56. The topological polar surface area (TPSA) is 59.2 Å². The molecule has 0 N–H and O–H groups in total. The first-order valence-corrected chi connectivity index (χ1v) is 8.73. The monoisotopic (exact) mass is 389 g/mol. The summed E-state index contributed by atoms with van der Waals surface area (Å²) in [6, 6.07) is 9.80. The molecule has 1 heterocycles. The highest BCUT2D eigenvalue weighted by molar-refractivity contribution is 6.30. The van der Waals surface area contributed by atoms with Gasteiger partial charge in [-0.1, -0.05) is 11.6 Å². The molecule has 0 bridgehead atoms. The first kappa shape index (κ1) is 17.6. The lowest BCUT2D eigenvalue weighted by molar-refractivity contribution is 0.0709. The third-order valence-electron chi connectivity index (χ3n) is 4.27. The van der Waals surface area contributed by atoms with E-state index in [-0.39, 0.29) is 24.0 Å². The minimum Gasteiger partial charge on any atom is -0.419 e. The minimum atomic E-state index is -0.891. The maximum atomic E-state index is 14.0. The third kappa shape index (κ3) is 3.83. The van der Waals surface area contributed by atoms with Crippen LogP contribution in [0, 0.1) is 11.6 Å². The van der Waals surface area contributed by atoms with Crippen molar-refractivity contribution in [3.05, 3.63) is 70.6 Å². The molecule has 1 aliphatic carbocycles. The summed E-state index contributed by atoms with van der Waals surface area (Å²) >= 11 is 5.87. The van der Waals surface area contributed by atoms with Gasteiger partial charge in [0.25, 0.3) is 5.91 Å². The van der Waals surface area contributed by atoms with E-state index < -0.39 is 17.5 Å². The molecule has 1 aliphatic rings. The summed E-state index contributed by atoms with van der Waals surface area (Å²) in [6.45, 7) is 0.0565. The molecular formula is C19H14ClF2N3O2. The van der Waals surface area contributed by atoms with E-state index >= 15 is 0 Å². The van der Waals surface area contributed by atoms with Crippen LogP contribution in [0.1, 0.15) is 29.1 Å². The maximum Gasteiger partial charge on any atom is 0.257 e. The number of amides is 1. The van der Waals surface area contributed by atoms with Crippen molar-refractivity contribution >= 4 is 17.5 Å². The molecule has 3 aromatic rings. The number of nitrogens with zero attached hydrogens (tertiary/aromatic N) is 3. The average Bonchev–Trinajstić information content (AvgIpc) is 3.38. The largest absolute Gasteiger partial charge is 0.419 e. The van der Waals surface area contributed by atoms with Crippen molar-refractivity contribution in [2.75, 3.05) is 0 Å². The molecule has 2 aromatic carbocycles. The molecule has 5 nitrogen and oxygen atoms in total. The van der Waals surface area contributed by atoms with E-state index in [9.17, 15) is 13.6 Å². The van der Waals surface area contributed by atoms with Crippen LogP contribution in [0.5, 0.6) is 0 Å². The Labute approximate surface area is 158 Å². The van der Waals surface area contributed by atoms with Crippen molar-refractivity contribution in [3.8, 4) is 11.5 Å². The summed E-state index contributed by atoms with van der Waals surface area (Å²) in [7, 11) is 0. The van der Waals surface area contributed by atoms with Gasteiger partial charge in [-0.15, -0.1) is 10.2 Å². The summed E-state index contributed by atoms with van der Waals surface area (Å²) in [4.78, 5) is 14.2. The zero-order chi connectivity index (χ0) is 19.0. The number of hydrogen-bond acceptors (Lipinski definition) is 4. The lowest BCUT2D eigenvalue weighted by Gasteiger charge is -2.20. The van der Waals surface area contributed by atoms with Crippen LogP contribution in [0.3, 0.4) is 0 Å². The highest BCUT2D eigenvalue weighted by Gasteiger charge is 2.35. The Balaban J connectivity index is 1.56. The molecular weight excluding hydrogens is 376 g/mol. The first-order chi connectivity index (χ1) is 13.0. The van der Waals surface area contributed by atoms with Gasteiger partial charge < -0.3 is 9.32 Å². The molecule has 1 fully saturated rings. The molecule has 1 amide bonds. The van der Waals surface area contributed by atoms with Crippen LogP contribution in [0.15, 0.2) is 46.9 Å². The molecule has 8 heteroatoms. The number of carbonyl (C=O) groups excluding carboxylic acids is 1. The zero-order valence-electron chi connectivity index (χ0n) is 14.0. The van der Waals surface area contributed by atoms with E-state index in [1.54, 1.807) is 24.3 Å². The van der Waals surface area contributed by atoms with E-state index in [0.29, 0.717) is 22.5 Å².